The molecule has 0 saturated heterocycles. The highest BCUT2D eigenvalue weighted by Gasteiger charge is 2.29. The summed E-state index contributed by atoms with van der Waals surface area (Å²) in [4.78, 5) is 15.7. The van der Waals surface area contributed by atoms with Crippen LogP contribution in [0.1, 0.15) is 21.5 Å². The zero-order valence-corrected chi connectivity index (χ0v) is 13.2. The fraction of sp³-hybridized carbons (Fsp3) is 0.125. The quantitative estimate of drug-likeness (QED) is 0.605. The third-order valence-electron chi connectivity index (χ3n) is 3.78. The van der Waals surface area contributed by atoms with Gasteiger partial charge in [0.1, 0.15) is 0 Å². The summed E-state index contributed by atoms with van der Waals surface area (Å²) >= 11 is 0. The fourth-order valence-electron chi connectivity index (χ4n) is 2.76. The average molecular weight is 329 g/mol. The monoisotopic (exact) mass is 329 g/mol. The highest BCUT2D eigenvalue weighted by Crippen LogP contribution is 2.39. The lowest BCUT2D eigenvalue weighted by Gasteiger charge is -2.21. The third-order valence-corrected chi connectivity index (χ3v) is 5.47. The van der Waals surface area contributed by atoms with Gasteiger partial charge in [-0.05, 0) is 35.7 Å². The Labute approximate surface area is 133 Å². The fourth-order valence-corrected chi connectivity index (χ4v) is 4.37. The number of carbonyl (C=O) groups excluding carboxylic acids is 1. The number of rotatable bonds is 1. The molecule has 2 aromatic carbocycles. The zero-order chi connectivity index (χ0) is 16.8. The molecular formula is C16H15N3O3S. The first-order valence-electron chi connectivity index (χ1n) is 6.89. The Hall–Kier alpha value is -2.67. The van der Waals surface area contributed by atoms with Gasteiger partial charge in [0.05, 0.1) is 10.6 Å². The lowest BCUT2D eigenvalue weighted by atomic mass is 9.96. The molecule has 6 nitrogen and oxygen atoms in total. The number of aliphatic imine (C=N–C) groups is 1. The van der Waals surface area contributed by atoms with Gasteiger partial charge >= 0.3 is 0 Å². The second kappa shape index (κ2) is 5.20. The molecule has 1 heterocycles. The molecule has 0 saturated carbocycles. The number of hydrogen-bond acceptors (Lipinski definition) is 3. The van der Waals surface area contributed by atoms with Gasteiger partial charge in [-0.2, -0.15) is 4.99 Å². The first-order valence-corrected chi connectivity index (χ1v) is 8.54. The van der Waals surface area contributed by atoms with Crippen LogP contribution >= 0.6 is 0 Å². The van der Waals surface area contributed by atoms with E-state index in [1.165, 1.54) is 6.07 Å². The molecular weight excluding hydrogens is 314 g/mol. The number of carbonyl (C=O) groups is 1. The van der Waals surface area contributed by atoms with Crippen LogP contribution in [0.15, 0.2) is 46.3 Å². The molecule has 0 radical (unpaired) electrons. The van der Waals surface area contributed by atoms with Gasteiger partial charge in [0.2, 0.25) is 0 Å². The van der Waals surface area contributed by atoms with Crippen molar-refractivity contribution in [3.8, 4) is 11.1 Å². The Morgan fingerprint density at radius 2 is 1.83 bits per heavy atom. The molecule has 23 heavy (non-hydrogen) atoms. The van der Waals surface area contributed by atoms with Gasteiger partial charge in [0, 0.05) is 11.1 Å². The minimum Gasteiger partial charge on any atom is -0.370 e. The van der Waals surface area contributed by atoms with Crippen molar-refractivity contribution in [1.82, 2.24) is 0 Å². The molecule has 3 rings (SSSR count). The normalized spacial score (nSPS) is 14.5. The van der Waals surface area contributed by atoms with Crippen LogP contribution in [0.25, 0.3) is 11.1 Å². The number of sulfone groups is 1. The van der Waals surface area contributed by atoms with Crippen molar-refractivity contribution < 1.29 is 13.2 Å². The summed E-state index contributed by atoms with van der Waals surface area (Å²) in [5.74, 6) is -1.10. The average Bonchev–Trinajstić information content (AvgIpc) is 2.45. The molecule has 0 bridgehead atoms. The summed E-state index contributed by atoms with van der Waals surface area (Å²) in [7, 11) is -3.52. The summed E-state index contributed by atoms with van der Waals surface area (Å²) in [5, 5.41) is 0. The van der Waals surface area contributed by atoms with Crippen LogP contribution in [0.2, 0.25) is 0 Å². The van der Waals surface area contributed by atoms with Gasteiger partial charge in [0.25, 0.3) is 5.91 Å². The largest absolute Gasteiger partial charge is 0.370 e. The molecule has 1 aliphatic rings. The molecule has 0 spiro atoms. The molecule has 1 amide bonds. The lowest BCUT2D eigenvalue weighted by molar-refractivity contribution is 0.100. The van der Waals surface area contributed by atoms with Crippen LogP contribution in [0.5, 0.6) is 0 Å². The van der Waals surface area contributed by atoms with E-state index in [1.54, 1.807) is 19.1 Å². The molecule has 0 fully saturated rings. The van der Waals surface area contributed by atoms with E-state index in [4.69, 9.17) is 11.5 Å². The summed E-state index contributed by atoms with van der Waals surface area (Å²) in [6, 6.07) is 10.4. The number of nitrogens with zero attached hydrogens (tertiary/aromatic N) is 1. The van der Waals surface area contributed by atoms with Crippen LogP contribution in [-0.2, 0) is 15.6 Å². The van der Waals surface area contributed by atoms with Crippen LogP contribution < -0.4 is 11.5 Å². The Kier molecular flexibility index (Phi) is 3.45. The Balaban J connectivity index is 2.28. The predicted molar refractivity (Wildman–Crippen MR) is 87.6 cm³/mol. The number of nitrogens with two attached hydrogens (primary N) is 2. The van der Waals surface area contributed by atoms with Crippen molar-refractivity contribution in [2.45, 2.75) is 17.6 Å². The van der Waals surface area contributed by atoms with Crippen molar-refractivity contribution in [2.24, 2.45) is 16.5 Å². The second-order valence-electron chi connectivity index (χ2n) is 5.42. The molecule has 0 aliphatic carbocycles. The molecule has 0 unspecified atom stereocenters. The number of fused-ring (bicyclic) bond motifs is 3. The van der Waals surface area contributed by atoms with E-state index in [2.05, 4.69) is 4.99 Å². The van der Waals surface area contributed by atoms with Gasteiger partial charge in [-0.25, -0.2) is 8.42 Å². The number of hydrogen-bond donors (Lipinski definition) is 2. The Bertz CT molecular complexity index is 959. The maximum absolute atomic E-state index is 12.5. The van der Waals surface area contributed by atoms with Crippen LogP contribution in [-0.4, -0.2) is 20.3 Å². The van der Waals surface area contributed by atoms with Gasteiger partial charge < -0.3 is 11.5 Å². The van der Waals surface area contributed by atoms with Crippen LogP contribution in [0.3, 0.4) is 0 Å². The van der Waals surface area contributed by atoms with E-state index in [0.717, 1.165) is 11.1 Å². The summed E-state index contributed by atoms with van der Waals surface area (Å²) in [5.41, 5.74) is 13.5. The van der Waals surface area contributed by atoms with Gasteiger partial charge in [-0.15, -0.1) is 0 Å². The number of aryl methyl sites for hydroxylation is 1. The first-order chi connectivity index (χ1) is 10.8. The van der Waals surface area contributed by atoms with Crippen molar-refractivity contribution in [1.29, 1.82) is 0 Å². The molecule has 0 aromatic heterocycles. The summed E-state index contributed by atoms with van der Waals surface area (Å²) < 4.78 is 25.1. The van der Waals surface area contributed by atoms with Crippen molar-refractivity contribution in [2.75, 3.05) is 0 Å². The van der Waals surface area contributed by atoms with E-state index < -0.39 is 15.7 Å². The minimum absolute atomic E-state index is 0.0881. The number of amides is 1. The highest BCUT2D eigenvalue weighted by molar-refractivity contribution is 7.90. The first kappa shape index (κ1) is 15.2. The molecule has 1 aliphatic heterocycles. The van der Waals surface area contributed by atoms with Gasteiger partial charge in [-0.3, -0.25) is 4.79 Å². The van der Waals surface area contributed by atoms with E-state index in [9.17, 15) is 13.2 Å². The molecule has 2 aromatic rings. The number of benzene rings is 2. The van der Waals surface area contributed by atoms with Gasteiger partial charge in [-0.1, -0.05) is 24.3 Å². The standard InChI is InChI=1S/C16H15N3O3S/c1-9-6-13-11-5-3-2-4-10(11)8-23(21,22)14(13)7-12(9)15(20)19-16(17)18/h2-7H,8H2,1H3,(H4,17,18,19,20). The predicted octanol–water partition coefficient (Wildman–Crippen LogP) is 1.36. The highest BCUT2D eigenvalue weighted by atomic mass is 32.2. The number of guanidine groups is 1. The lowest BCUT2D eigenvalue weighted by Crippen LogP contribution is -2.24. The minimum atomic E-state index is -3.52. The smallest absolute Gasteiger partial charge is 0.280 e. The maximum atomic E-state index is 12.5. The molecule has 118 valence electrons. The Morgan fingerprint density at radius 3 is 2.52 bits per heavy atom. The summed E-state index contributed by atoms with van der Waals surface area (Å²) in [6.45, 7) is 1.72. The van der Waals surface area contributed by atoms with E-state index in [0.29, 0.717) is 11.1 Å². The zero-order valence-electron chi connectivity index (χ0n) is 12.4. The van der Waals surface area contributed by atoms with Crippen molar-refractivity contribution >= 4 is 21.7 Å². The van der Waals surface area contributed by atoms with E-state index >= 15 is 0 Å². The maximum Gasteiger partial charge on any atom is 0.280 e. The van der Waals surface area contributed by atoms with E-state index in [1.807, 2.05) is 18.2 Å². The molecule has 0 atom stereocenters. The topological polar surface area (TPSA) is 116 Å². The van der Waals surface area contributed by atoms with E-state index in [-0.39, 0.29) is 22.2 Å². The third kappa shape index (κ3) is 2.59. The van der Waals surface area contributed by atoms with Crippen LogP contribution in [0, 0.1) is 6.92 Å². The van der Waals surface area contributed by atoms with Crippen molar-refractivity contribution in [3.05, 3.63) is 53.1 Å². The van der Waals surface area contributed by atoms with Gasteiger partial charge in [0.15, 0.2) is 15.8 Å². The SMILES string of the molecule is Cc1cc2c(cc1C(=O)N=C(N)N)S(=O)(=O)Cc1ccccc1-2. The summed E-state index contributed by atoms with van der Waals surface area (Å²) in [6.07, 6.45) is 0. The van der Waals surface area contributed by atoms with Crippen molar-refractivity contribution in [3.63, 3.8) is 0 Å². The molecule has 7 heteroatoms. The molecule has 4 N–H and O–H groups in total. The second-order valence-corrected chi connectivity index (χ2v) is 7.38. The van der Waals surface area contributed by atoms with Crippen LogP contribution in [0.4, 0.5) is 0 Å². The Morgan fingerprint density at radius 1 is 1.13 bits per heavy atom.